The summed E-state index contributed by atoms with van der Waals surface area (Å²) < 4.78 is 22.5. The second kappa shape index (κ2) is 5.14. The highest BCUT2D eigenvalue weighted by Gasteiger charge is 2.54. The maximum absolute atomic E-state index is 6.32. The zero-order chi connectivity index (χ0) is 11.6. The lowest BCUT2D eigenvalue weighted by Gasteiger charge is -2.46. The van der Waals surface area contributed by atoms with Gasteiger partial charge < -0.3 is 17.4 Å². The van der Waals surface area contributed by atoms with Crippen LogP contribution in [0.15, 0.2) is 0 Å². The topological polar surface area (TPSA) is 36.9 Å². The van der Waals surface area contributed by atoms with E-state index in [4.69, 9.17) is 17.4 Å². The molecule has 3 saturated heterocycles. The highest BCUT2D eigenvalue weighted by atomic mass is 31.1. The summed E-state index contributed by atoms with van der Waals surface area (Å²) in [6, 6.07) is 3.89. The van der Waals surface area contributed by atoms with Crippen molar-refractivity contribution < 1.29 is 17.4 Å². The summed E-state index contributed by atoms with van der Waals surface area (Å²) in [5.41, 5.74) is 0. The number of hydrogen-bond donors (Lipinski definition) is 0. The van der Waals surface area contributed by atoms with E-state index in [-0.39, 0.29) is 0 Å². The Bertz CT molecular complexity index is 220. The summed E-state index contributed by atoms with van der Waals surface area (Å²) in [7, 11) is 0.851. The summed E-state index contributed by atoms with van der Waals surface area (Å²) in [5.74, 6) is 0. The molecule has 0 unspecified atom stereocenters. The minimum absolute atomic E-state index is 0.358. The van der Waals surface area contributed by atoms with E-state index >= 15 is 0 Å². The monoisotopic (exact) mass is 280 g/mol. The van der Waals surface area contributed by atoms with Crippen LogP contribution >= 0.6 is 7.92 Å². The van der Waals surface area contributed by atoms with Crippen LogP contribution in [0.5, 0.6) is 0 Å². The van der Waals surface area contributed by atoms with E-state index in [1.54, 1.807) is 21.3 Å². The Hall–Kier alpha value is 0.704. The Labute approximate surface area is 101 Å². The van der Waals surface area contributed by atoms with Crippen molar-refractivity contribution in [1.82, 2.24) is 0 Å². The SMILES string of the molecule is CO[Si](OC)(OC)O[Si]12CCP(CC1)CC2. The Morgan fingerprint density at radius 1 is 0.875 bits per heavy atom. The van der Waals surface area contributed by atoms with Crippen LogP contribution in [-0.2, 0) is 17.4 Å². The van der Waals surface area contributed by atoms with Gasteiger partial charge in [0, 0.05) is 21.3 Å². The minimum atomic E-state index is -2.80. The smallest absolute Gasteiger partial charge is 0.393 e. The molecular formula is C9H21O4PSi2. The van der Waals surface area contributed by atoms with Gasteiger partial charge in [-0.2, -0.15) is 0 Å². The second-order valence-electron chi connectivity index (χ2n) is 4.49. The van der Waals surface area contributed by atoms with Crippen LogP contribution in [0.4, 0.5) is 0 Å². The molecule has 0 N–H and O–H groups in total. The van der Waals surface area contributed by atoms with Gasteiger partial charge in [-0.05, 0) is 36.6 Å². The Morgan fingerprint density at radius 3 is 1.69 bits per heavy atom. The lowest BCUT2D eigenvalue weighted by molar-refractivity contribution is 0.0468. The zero-order valence-corrected chi connectivity index (χ0v) is 13.2. The van der Waals surface area contributed by atoms with Crippen LogP contribution in [0, 0.1) is 0 Å². The summed E-state index contributed by atoms with van der Waals surface area (Å²) in [6.45, 7) is 0. The third-order valence-electron chi connectivity index (χ3n) is 3.74. The molecule has 7 heteroatoms. The van der Waals surface area contributed by atoms with E-state index < -0.39 is 17.4 Å². The van der Waals surface area contributed by atoms with E-state index in [2.05, 4.69) is 0 Å². The van der Waals surface area contributed by atoms with Crippen LogP contribution in [0.1, 0.15) is 0 Å². The van der Waals surface area contributed by atoms with Gasteiger partial charge >= 0.3 is 9.05 Å². The number of rotatable bonds is 5. The van der Waals surface area contributed by atoms with E-state index in [9.17, 15) is 0 Å². The molecular weight excluding hydrogens is 259 g/mol. The molecule has 3 heterocycles. The fourth-order valence-corrected chi connectivity index (χ4v) is 17.5. The molecule has 0 saturated carbocycles. The fourth-order valence-electron chi connectivity index (χ4n) is 2.59. The fraction of sp³-hybridized carbons (Fsp3) is 1.00. The van der Waals surface area contributed by atoms with Gasteiger partial charge in [0.2, 0.25) is 0 Å². The van der Waals surface area contributed by atoms with Crippen LogP contribution in [0.2, 0.25) is 18.1 Å². The predicted molar refractivity (Wildman–Crippen MR) is 69.6 cm³/mol. The van der Waals surface area contributed by atoms with Gasteiger partial charge in [0.05, 0.1) is 0 Å². The lowest BCUT2D eigenvalue weighted by Crippen LogP contribution is -2.59. The van der Waals surface area contributed by atoms with Gasteiger partial charge in [0.25, 0.3) is 0 Å². The maximum atomic E-state index is 6.32. The maximum Gasteiger partial charge on any atom is 0.668 e. The molecule has 3 aliphatic rings. The molecule has 0 spiro atoms. The van der Waals surface area contributed by atoms with Crippen LogP contribution in [-0.4, -0.2) is 57.2 Å². The standard InChI is InChI=1S/C9H21O4PSi2/c1-10-16(11-2,12-3)13-15-7-4-14(5-8-15)6-9-15/h4-9H2,1-3H3. The highest BCUT2D eigenvalue weighted by Crippen LogP contribution is 2.54. The third kappa shape index (κ3) is 2.43. The molecule has 3 rings (SSSR count). The van der Waals surface area contributed by atoms with E-state index in [1.165, 1.54) is 36.6 Å². The van der Waals surface area contributed by atoms with Gasteiger partial charge in [-0.15, -0.1) is 7.92 Å². The van der Waals surface area contributed by atoms with Gasteiger partial charge in [-0.3, -0.25) is 0 Å². The van der Waals surface area contributed by atoms with Gasteiger partial charge in [-0.25, -0.2) is 0 Å². The molecule has 0 aliphatic carbocycles. The molecule has 4 nitrogen and oxygen atoms in total. The summed E-state index contributed by atoms with van der Waals surface area (Å²) in [6.07, 6.45) is 4.22. The summed E-state index contributed by atoms with van der Waals surface area (Å²) >= 11 is 0. The molecule has 0 atom stereocenters. The van der Waals surface area contributed by atoms with Gasteiger partial charge in [-0.1, -0.05) is 0 Å². The average molecular weight is 280 g/mol. The van der Waals surface area contributed by atoms with Crippen molar-refractivity contribution in [2.75, 3.05) is 39.8 Å². The van der Waals surface area contributed by atoms with Crippen LogP contribution < -0.4 is 0 Å². The van der Waals surface area contributed by atoms with Crippen molar-refractivity contribution in [3.63, 3.8) is 0 Å². The molecule has 16 heavy (non-hydrogen) atoms. The van der Waals surface area contributed by atoms with Crippen molar-refractivity contribution in [3.05, 3.63) is 0 Å². The zero-order valence-electron chi connectivity index (χ0n) is 10.3. The molecule has 0 aromatic heterocycles. The Kier molecular flexibility index (Phi) is 4.22. The molecule has 0 radical (unpaired) electrons. The number of fused-ring (bicyclic) bond motifs is 3. The molecule has 0 aromatic rings. The number of hydrogen-bond acceptors (Lipinski definition) is 4. The van der Waals surface area contributed by atoms with Crippen LogP contribution in [0.3, 0.4) is 0 Å². The van der Waals surface area contributed by atoms with E-state index in [1.807, 2.05) is 0 Å². The quantitative estimate of drug-likeness (QED) is 0.569. The van der Waals surface area contributed by atoms with Crippen molar-refractivity contribution >= 4 is 25.3 Å². The predicted octanol–water partition coefficient (Wildman–Crippen LogP) is 1.83. The normalized spacial score (nSPS) is 34.3. The Balaban J connectivity index is 2.06. The van der Waals surface area contributed by atoms with Crippen molar-refractivity contribution in [3.8, 4) is 0 Å². The first kappa shape index (κ1) is 13.1. The molecule has 0 amide bonds. The minimum Gasteiger partial charge on any atom is -0.393 e. The van der Waals surface area contributed by atoms with E-state index in [0.717, 1.165) is 0 Å². The molecule has 3 fully saturated rings. The van der Waals surface area contributed by atoms with Gasteiger partial charge in [0.1, 0.15) is 0 Å². The van der Waals surface area contributed by atoms with Crippen molar-refractivity contribution in [2.45, 2.75) is 18.1 Å². The second-order valence-corrected chi connectivity index (χ2v) is 14.1. The molecule has 94 valence electrons. The summed E-state index contributed by atoms with van der Waals surface area (Å²) in [4.78, 5) is 0. The molecule has 2 bridgehead atoms. The lowest BCUT2D eigenvalue weighted by atomic mass is 10.8. The first-order valence-electron chi connectivity index (χ1n) is 5.75. The van der Waals surface area contributed by atoms with Crippen molar-refractivity contribution in [1.29, 1.82) is 0 Å². The van der Waals surface area contributed by atoms with Gasteiger partial charge in [0.15, 0.2) is 8.32 Å². The molecule has 0 aromatic carbocycles. The first-order valence-corrected chi connectivity index (χ1v) is 11.8. The first-order chi connectivity index (χ1) is 7.67. The Morgan fingerprint density at radius 2 is 1.31 bits per heavy atom. The van der Waals surface area contributed by atoms with Crippen LogP contribution in [0.25, 0.3) is 0 Å². The van der Waals surface area contributed by atoms with E-state index in [0.29, 0.717) is 7.92 Å². The third-order valence-corrected chi connectivity index (χ3v) is 15.3. The molecule has 3 aliphatic heterocycles. The largest absolute Gasteiger partial charge is 0.668 e. The highest BCUT2D eigenvalue weighted by molar-refractivity contribution is 7.59. The average Bonchev–Trinajstić information content (AvgIpc) is 2.38. The summed E-state index contributed by atoms with van der Waals surface area (Å²) in [5, 5.41) is 0. The van der Waals surface area contributed by atoms with Crippen molar-refractivity contribution in [2.24, 2.45) is 0 Å².